The first-order valence-corrected chi connectivity index (χ1v) is 6.23. The Balaban J connectivity index is 2.07. The SMILES string of the molecule is CC(=O)c1cccc(NC(=O)Nc2cccnc2Cl)c1. The standard InChI is InChI=1S/C14H12ClN3O2/c1-9(19)10-4-2-5-11(8-10)17-14(20)18-12-6-3-7-16-13(12)15/h2-8H,1H3,(H2,17,18,20). The van der Waals surface area contributed by atoms with Crippen LogP contribution in [-0.2, 0) is 0 Å². The molecule has 0 atom stereocenters. The first kappa shape index (κ1) is 14.0. The maximum absolute atomic E-state index is 11.8. The summed E-state index contributed by atoms with van der Waals surface area (Å²) in [5.74, 6) is -0.0654. The van der Waals surface area contributed by atoms with Crippen LogP contribution in [0.5, 0.6) is 0 Å². The predicted octanol–water partition coefficient (Wildman–Crippen LogP) is 3.58. The van der Waals surface area contributed by atoms with E-state index in [-0.39, 0.29) is 10.9 Å². The van der Waals surface area contributed by atoms with E-state index < -0.39 is 6.03 Å². The number of urea groups is 1. The number of nitrogens with zero attached hydrogens (tertiary/aromatic N) is 1. The number of amides is 2. The van der Waals surface area contributed by atoms with E-state index in [0.717, 1.165) is 0 Å². The van der Waals surface area contributed by atoms with Gasteiger partial charge in [0, 0.05) is 17.4 Å². The summed E-state index contributed by atoms with van der Waals surface area (Å²) in [7, 11) is 0. The number of carbonyl (C=O) groups excluding carboxylic acids is 2. The zero-order valence-corrected chi connectivity index (χ0v) is 11.4. The molecule has 0 aliphatic heterocycles. The van der Waals surface area contributed by atoms with Crippen LogP contribution in [0.4, 0.5) is 16.2 Å². The number of pyridine rings is 1. The third-order valence-electron chi connectivity index (χ3n) is 2.53. The fourth-order valence-corrected chi connectivity index (χ4v) is 1.75. The lowest BCUT2D eigenvalue weighted by molar-refractivity contribution is 0.101. The van der Waals surface area contributed by atoms with Crippen LogP contribution in [0, 0.1) is 0 Å². The molecule has 2 aromatic rings. The number of hydrogen-bond acceptors (Lipinski definition) is 3. The van der Waals surface area contributed by atoms with Crippen LogP contribution in [0.3, 0.4) is 0 Å². The summed E-state index contributed by atoms with van der Waals surface area (Å²) >= 11 is 5.84. The van der Waals surface area contributed by atoms with Crippen LogP contribution < -0.4 is 10.6 Å². The molecule has 0 fully saturated rings. The Morgan fingerprint density at radius 3 is 2.65 bits per heavy atom. The molecule has 0 saturated carbocycles. The number of anilines is 2. The van der Waals surface area contributed by atoms with Gasteiger partial charge in [0.05, 0.1) is 5.69 Å². The number of carbonyl (C=O) groups is 2. The van der Waals surface area contributed by atoms with E-state index in [2.05, 4.69) is 15.6 Å². The van der Waals surface area contributed by atoms with Crippen molar-refractivity contribution in [1.29, 1.82) is 0 Å². The van der Waals surface area contributed by atoms with Gasteiger partial charge in [-0.05, 0) is 31.2 Å². The van der Waals surface area contributed by atoms with Crippen LogP contribution in [-0.4, -0.2) is 16.8 Å². The second-order valence-corrected chi connectivity index (χ2v) is 4.42. The van der Waals surface area contributed by atoms with Gasteiger partial charge in [-0.3, -0.25) is 4.79 Å². The monoisotopic (exact) mass is 289 g/mol. The molecule has 6 heteroatoms. The zero-order chi connectivity index (χ0) is 14.5. The zero-order valence-electron chi connectivity index (χ0n) is 10.7. The fraction of sp³-hybridized carbons (Fsp3) is 0.0714. The van der Waals surface area contributed by atoms with Crippen molar-refractivity contribution in [3.05, 3.63) is 53.3 Å². The lowest BCUT2D eigenvalue weighted by Crippen LogP contribution is -2.19. The molecule has 2 rings (SSSR count). The molecule has 0 spiro atoms. The van der Waals surface area contributed by atoms with Crippen molar-refractivity contribution >= 4 is 34.8 Å². The highest BCUT2D eigenvalue weighted by Crippen LogP contribution is 2.18. The normalized spacial score (nSPS) is 9.90. The predicted molar refractivity (Wildman–Crippen MR) is 78.3 cm³/mol. The first-order valence-electron chi connectivity index (χ1n) is 5.86. The number of nitrogens with one attached hydrogen (secondary N) is 2. The Kier molecular flexibility index (Phi) is 4.32. The van der Waals surface area contributed by atoms with Crippen LogP contribution in [0.15, 0.2) is 42.6 Å². The van der Waals surface area contributed by atoms with Crippen LogP contribution in [0.2, 0.25) is 5.15 Å². The second kappa shape index (κ2) is 6.16. The van der Waals surface area contributed by atoms with E-state index in [1.54, 1.807) is 36.4 Å². The fourth-order valence-electron chi connectivity index (χ4n) is 1.58. The molecule has 1 aromatic heterocycles. The number of Topliss-reactive ketones (excluding diaryl/α,β-unsaturated/α-hetero) is 1. The van der Waals surface area contributed by atoms with Gasteiger partial charge < -0.3 is 10.6 Å². The number of rotatable bonds is 3. The number of halogens is 1. The summed E-state index contributed by atoms with van der Waals surface area (Å²) in [5.41, 5.74) is 1.46. The Morgan fingerprint density at radius 2 is 1.95 bits per heavy atom. The van der Waals surface area contributed by atoms with Gasteiger partial charge in [-0.1, -0.05) is 23.7 Å². The van der Waals surface area contributed by atoms with Gasteiger partial charge in [-0.25, -0.2) is 9.78 Å². The highest BCUT2D eigenvalue weighted by molar-refractivity contribution is 6.32. The molecule has 1 aromatic carbocycles. The van der Waals surface area contributed by atoms with Crippen LogP contribution in [0.1, 0.15) is 17.3 Å². The van der Waals surface area contributed by atoms with Gasteiger partial charge in [0.15, 0.2) is 10.9 Å². The quantitative estimate of drug-likeness (QED) is 0.670. The smallest absolute Gasteiger partial charge is 0.308 e. The van der Waals surface area contributed by atoms with Crippen molar-refractivity contribution in [2.24, 2.45) is 0 Å². The Labute approximate surface area is 121 Å². The first-order chi connectivity index (χ1) is 9.56. The van der Waals surface area contributed by atoms with Gasteiger partial charge in [-0.2, -0.15) is 0 Å². The Morgan fingerprint density at radius 1 is 1.15 bits per heavy atom. The topological polar surface area (TPSA) is 71.1 Å². The van der Waals surface area contributed by atoms with Gasteiger partial charge >= 0.3 is 6.03 Å². The molecule has 20 heavy (non-hydrogen) atoms. The third-order valence-corrected chi connectivity index (χ3v) is 2.84. The third kappa shape index (κ3) is 3.55. The van der Waals surface area contributed by atoms with E-state index in [9.17, 15) is 9.59 Å². The minimum atomic E-state index is -0.458. The summed E-state index contributed by atoms with van der Waals surface area (Å²) in [6.45, 7) is 1.47. The molecule has 102 valence electrons. The molecular weight excluding hydrogens is 278 g/mol. The van der Waals surface area contributed by atoms with Crippen LogP contribution in [0.25, 0.3) is 0 Å². The van der Waals surface area contributed by atoms with Gasteiger partial charge in [0.1, 0.15) is 0 Å². The maximum Gasteiger partial charge on any atom is 0.323 e. The van der Waals surface area contributed by atoms with Crippen molar-refractivity contribution in [3.8, 4) is 0 Å². The lowest BCUT2D eigenvalue weighted by Gasteiger charge is -2.09. The van der Waals surface area contributed by atoms with Crippen molar-refractivity contribution in [1.82, 2.24) is 4.98 Å². The van der Waals surface area contributed by atoms with E-state index in [1.165, 1.54) is 13.1 Å². The number of benzene rings is 1. The van der Waals surface area contributed by atoms with E-state index in [4.69, 9.17) is 11.6 Å². The molecule has 0 saturated heterocycles. The van der Waals surface area contributed by atoms with Crippen LogP contribution >= 0.6 is 11.6 Å². The van der Waals surface area contributed by atoms with E-state index >= 15 is 0 Å². The Bertz CT molecular complexity index is 658. The Hall–Kier alpha value is -2.40. The highest BCUT2D eigenvalue weighted by atomic mass is 35.5. The summed E-state index contributed by atoms with van der Waals surface area (Å²) in [5, 5.41) is 5.41. The molecular formula is C14H12ClN3O2. The highest BCUT2D eigenvalue weighted by Gasteiger charge is 2.07. The van der Waals surface area contributed by atoms with Gasteiger partial charge in [-0.15, -0.1) is 0 Å². The number of aromatic nitrogens is 1. The van der Waals surface area contributed by atoms with E-state index in [0.29, 0.717) is 16.9 Å². The average Bonchev–Trinajstić information content (AvgIpc) is 2.41. The molecule has 2 N–H and O–H groups in total. The molecule has 0 unspecified atom stereocenters. The summed E-state index contributed by atoms with van der Waals surface area (Å²) < 4.78 is 0. The molecule has 0 aliphatic carbocycles. The molecule has 0 bridgehead atoms. The molecule has 0 radical (unpaired) electrons. The summed E-state index contributed by atoms with van der Waals surface area (Å²) in [6, 6.07) is 9.52. The summed E-state index contributed by atoms with van der Waals surface area (Å²) in [6.07, 6.45) is 1.53. The largest absolute Gasteiger partial charge is 0.323 e. The molecule has 5 nitrogen and oxygen atoms in total. The van der Waals surface area contributed by atoms with Gasteiger partial charge in [0.25, 0.3) is 0 Å². The van der Waals surface area contributed by atoms with E-state index in [1.807, 2.05) is 0 Å². The van der Waals surface area contributed by atoms with Gasteiger partial charge in [0.2, 0.25) is 0 Å². The maximum atomic E-state index is 11.8. The van der Waals surface area contributed by atoms with Crippen molar-refractivity contribution in [2.75, 3.05) is 10.6 Å². The molecule has 0 aliphatic rings. The summed E-state index contributed by atoms with van der Waals surface area (Å²) in [4.78, 5) is 26.9. The van der Waals surface area contributed by atoms with Crippen molar-refractivity contribution in [3.63, 3.8) is 0 Å². The molecule has 1 heterocycles. The lowest BCUT2D eigenvalue weighted by atomic mass is 10.1. The minimum absolute atomic E-state index is 0.0654. The minimum Gasteiger partial charge on any atom is -0.308 e. The van der Waals surface area contributed by atoms with Crippen molar-refractivity contribution < 1.29 is 9.59 Å². The number of hydrogen-bond donors (Lipinski definition) is 2. The average molecular weight is 290 g/mol. The molecule has 2 amide bonds. The number of ketones is 1. The second-order valence-electron chi connectivity index (χ2n) is 4.06. The van der Waals surface area contributed by atoms with Crippen molar-refractivity contribution in [2.45, 2.75) is 6.92 Å².